The second-order valence-electron chi connectivity index (χ2n) is 10.2. The molecule has 3 heterocycles. The molecule has 2 aromatic carbocycles. The van der Waals surface area contributed by atoms with Gasteiger partial charge in [0.15, 0.2) is 29.7 Å². The van der Waals surface area contributed by atoms with Crippen molar-refractivity contribution in [3.05, 3.63) is 40.6 Å². The normalized spacial score (nSPS) is 33.0. The van der Waals surface area contributed by atoms with Gasteiger partial charge < -0.3 is 74.4 Å². The molecule has 10 N–H and O–H groups in total. The summed E-state index contributed by atoms with van der Waals surface area (Å²) in [5.41, 5.74) is -1.39. The van der Waals surface area contributed by atoms with Gasteiger partial charge >= 0.3 is 0 Å². The third-order valence-corrected chi connectivity index (χ3v) is 7.31. The number of hydrogen-bond donors (Lipinski definition) is 10. The molecule has 0 radical (unpaired) electrons. The highest BCUT2D eigenvalue weighted by atomic mass is 16.8. The SMILES string of the molecule is C[C@@H]1O[C@H](O[C@@H]2[C@@H](Oc3c(-c4ccc(O)c(O)c4)oc4cc(O)cc(O)c4c3=O)O[C@@H](CO)[C@H](O)[C@H]2O)[C@@H](O)[C@H](O)[C@H]1O. The third-order valence-electron chi connectivity index (χ3n) is 7.31. The summed E-state index contributed by atoms with van der Waals surface area (Å²) in [6.45, 7) is 0.541. The molecule has 0 aliphatic carbocycles. The van der Waals surface area contributed by atoms with E-state index >= 15 is 0 Å². The van der Waals surface area contributed by atoms with Crippen LogP contribution in [-0.2, 0) is 14.2 Å². The number of hydrogen-bond acceptors (Lipinski definition) is 16. The monoisotopic (exact) mass is 610 g/mol. The summed E-state index contributed by atoms with van der Waals surface area (Å²) in [6, 6.07) is 5.21. The average Bonchev–Trinajstić information content (AvgIpc) is 2.96. The molecular formula is C27H30O16. The van der Waals surface area contributed by atoms with Crippen molar-refractivity contribution in [3.8, 4) is 40.1 Å². The Morgan fingerprint density at radius 1 is 0.791 bits per heavy atom. The number of ether oxygens (including phenoxy) is 4. The van der Waals surface area contributed by atoms with Crippen LogP contribution in [0.1, 0.15) is 6.92 Å². The van der Waals surface area contributed by atoms with Crippen molar-refractivity contribution in [1.29, 1.82) is 0 Å². The number of fused-ring (bicyclic) bond motifs is 1. The highest BCUT2D eigenvalue weighted by Gasteiger charge is 2.51. The van der Waals surface area contributed by atoms with Gasteiger partial charge in [-0.3, -0.25) is 4.79 Å². The molecule has 1 aromatic heterocycles. The van der Waals surface area contributed by atoms with E-state index < -0.39 is 113 Å². The number of rotatable bonds is 6. The van der Waals surface area contributed by atoms with E-state index in [0.717, 1.165) is 24.3 Å². The molecule has 2 aliphatic heterocycles. The first-order valence-corrected chi connectivity index (χ1v) is 13.0. The summed E-state index contributed by atoms with van der Waals surface area (Å²) in [4.78, 5) is 13.7. The molecule has 0 amide bonds. The first-order chi connectivity index (χ1) is 20.3. The Bertz CT molecular complexity index is 1540. The van der Waals surface area contributed by atoms with Crippen LogP contribution in [0.25, 0.3) is 22.3 Å². The zero-order chi connectivity index (χ0) is 31.3. The second kappa shape index (κ2) is 11.8. The lowest BCUT2D eigenvalue weighted by atomic mass is 9.97. The Morgan fingerprint density at radius 2 is 1.51 bits per heavy atom. The average molecular weight is 611 g/mol. The van der Waals surface area contributed by atoms with Crippen LogP contribution in [0.3, 0.4) is 0 Å². The zero-order valence-electron chi connectivity index (χ0n) is 22.3. The van der Waals surface area contributed by atoms with E-state index in [2.05, 4.69) is 0 Å². The highest BCUT2D eigenvalue weighted by Crippen LogP contribution is 2.40. The van der Waals surface area contributed by atoms with Crippen LogP contribution >= 0.6 is 0 Å². The van der Waals surface area contributed by atoms with Crippen molar-refractivity contribution >= 4 is 11.0 Å². The molecule has 16 heteroatoms. The van der Waals surface area contributed by atoms with Crippen molar-refractivity contribution in [2.75, 3.05) is 6.61 Å². The topological polar surface area (TPSA) is 269 Å². The summed E-state index contributed by atoms with van der Waals surface area (Å²) in [5, 5.41) is 102. The maximum atomic E-state index is 13.7. The van der Waals surface area contributed by atoms with Gasteiger partial charge in [0.2, 0.25) is 17.5 Å². The minimum atomic E-state index is -1.91. The second-order valence-corrected chi connectivity index (χ2v) is 10.2. The minimum Gasteiger partial charge on any atom is -0.508 e. The molecule has 2 aliphatic rings. The van der Waals surface area contributed by atoms with Crippen molar-refractivity contribution in [2.24, 2.45) is 0 Å². The number of aliphatic hydroxyl groups excluding tert-OH is 6. The molecule has 5 rings (SSSR count). The summed E-state index contributed by atoms with van der Waals surface area (Å²) in [7, 11) is 0. The fourth-order valence-corrected chi connectivity index (χ4v) is 4.92. The van der Waals surface area contributed by atoms with Gasteiger partial charge in [-0.05, 0) is 25.1 Å². The van der Waals surface area contributed by atoms with E-state index in [4.69, 9.17) is 23.4 Å². The summed E-state index contributed by atoms with van der Waals surface area (Å²) in [6.07, 6.45) is -16.7. The van der Waals surface area contributed by atoms with Gasteiger partial charge in [-0.25, -0.2) is 0 Å². The van der Waals surface area contributed by atoms with Crippen LogP contribution in [0.2, 0.25) is 0 Å². The fraction of sp³-hybridized carbons (Fsp3) is 0.444. The zero-order valence-corrected chi connectivity index (χ0v) is 22.3. The molecule has 2 saturated heterocycles. The van der Waals surface area contributed by atoms with Crippen LogP contribution in [0.5, 0.6) is 28.7 Å². The first kappa shape index (κ1) is 30.7. The number of phenols is 4. The molecule has 0 bridgehead atoms. The Balaban J connectivity index is 1.62. The lowest BCUT2D eigenvalue weighted by Gasteiger charge is -2.45. The van der Waals surface area contributed by atoms with Crippen molar-refractivity contribution in [2.45, 2.75) is 68.3 Å². The molecular weight excluding hydrogens is 580 g/mol. The standard InChI is InChI=1S/C27H30O16/c1-8-17(33)20(36)22(38)26(39-8)43-25-21(37)18(34)15(7-28)41-27(25)42-24-19(35)16-13(32)5-10(29)6-14(16)40-23(24)9-2-3-11(30)12(31)4-9/h2-6,8,15,17-18,20-22,25-34,36-38H,7H2,1H3/t8-,15-,17-,18-,20+,21+,22-,25-,26+,27+/m0/s1. The van der Waals surface area contributed by atoms with E-state index in [1.54, 1.807) is 0 Å². The van der Waals surface area contributed by atoms with Crippen LogP contribution < -0.4 is 10.2 Å². The third kappa shape index (κ3) is 5.55. The van der Waals surface area contributed by atoms with E-state index in [1.165, 1.54) is 13.0 Å². The van der Waals surface area contributed by atoms with Gasteiger partial charge in [0.25, 0.3) is 0 Å². The van der Waals surface area contributed by atoms with Gasteiger partial charge in [-0.15, -0.1) is 0 Å². The molecule has 3 aromatic rings. The Morgan fingerprint density at radius 3 is 2.19 bits per heavy atom. The van der Waals surface area contributed by atoms with E-state index in [1.807, 2.05) is 0 Å². The van der Waals surface area contributed by atoms with Gasteiger partial charge in [-0.1, -0.05) is 0 Å². The maximum Gasteiger partial charge on any atom is 0.239 e. The minimum absolute atomic E-state index is 0.0447. The summed E-state index contributed by atoms with van der Waals surface area (Å²) < 4.78 is 28.3. The van der Waals surface area contributed by atoms with Crippen LogP contribution in [0.4, 0.5) is 0 Å². The lowest BCUT2D eigenvalue weighted by Crippen LogP contribution is -2.64. The molecule has 2 fully saturated rings. The van der Waals surface area contributed by atoms with Gasteiger partial charge in [0.05, 0.1) is 12.7 Å². The summed E-state index contributed by atoms with van der Waals surface area (Å²) in [5.74, 6) is -3.40. The van der Waals surface area contributed by atoms with Crippen LogP contribution in [0, 0.1) is 0 Å². The highest BCUT2D eigenvalue weighted by molar-refractivity contribution is 5.88. The molecule has 234 valence electrons. The van der Waals surface area contributed by atoms with Crippen molar-refractivity contribution in [3.63, 3.8) is 0 Å². The number of aliphatic hydroxyl groups is 6. The predicted molar refractivity (Wildman–Crippen MR) is 140 cm³/mol. The Labute approximate surface area is 241 Å². The number of phenolic OH excluding ortho intramolecular Hbond substituents is 4. The number of aromatic hydroxyl groups is 4. The smallest absolute Gasteiger partial charge is 0.239 e. The first-order valence-electron chi connectivity index (χ1n) is 13.0. The Hall–Kier alpha value is -3.71. The van der Waals surface area contributed by atoms with Crippen LogP contribution in [-0.4, -0.2) is 119 Å². The predicted octanol–water partition coefficient (Wildman–Crippen LogP) is -1.69. The molecule has 16 nitrogen and oxygen atoms in total. The maximum absolute atomic E-state index is 13.7. The molecule has 0 saturated carbocycles. The molecule has 43 heavy (non-hydrogen) atoms. The molecule has 10 atom stereocenters. The van der Waals surface area contributed by atoms with Gasteiger partial charge in [-0.2, -0.15) is 0 Å². The molecule has 0 spiro atoms. The largest absolute Gasteiger partial charge is 0.508 e. The van der Waals surface area contributed by atoms with Crippen LogP contribution in [0.15, 0.2) is 39.5 Å². The fourth-order valence-electron chi connectivity index (χ4n) is 4.92. The van der Waals surface area contributed by atoms with Gasteiger partial charge in [0.1, 0.15) is 59.1 Å². The Kier molecular flexibility index (Phi) is 8.41. The van der Waals surface area contributed by atoms with E-state index in [0.29, 0.717) is 0 Å². The molecule has 0 unspecified atom stereocenters. The number of benzene rings is 2. The van der Waals surface area contributed by atoms with Gasteiger partial charge in [0, 0.05) is 17.7 Å². The summed E-state index contributed by atoms with van der Waals surface area (Å²) >= 11 is 0. The van der Waals surface area contributed by atoms with E-state index in [9.17, 15) is 55.9 Å². The van der Waals surface area contributed by atoms with Crippen molar-refractivity contribution < 1.29 is 74.4 Å². The van der Waals surface area contributed by atoms with Crippen molar-refractivity contribution in [1.82, 2.24) is 0 Å². The lowest BCUT2D eigenvalue weighted by molar-refractivity contribution is -0.354. The van der Waals surface area contributed by atoms with E-state index in [-0.39, 0.29) is 11.1 Å². The quantitative estimate of drug-likeness (QED) is 0.140.